The fourth-order valence-corrected chi connectivity index (χ4v) is 4.54. The van der Waals surface area contributed by atoms with Crippen molar-refractivity contribution in [1.82, 2.24) is 25.3 Å². The first kappa shape index (κ1) is 20.6. The summed E-state index contributed by atoms with van der Waals surface area (Å²) in [6.45, 7) is 1.99. The Morgan fingerprint density at radius 2 is 1.88 bits per heavy atom. The SMILES string of the molecule is COc1cc(-c2ccc(-c3ccc(N4CC[C@@H](N(C)C5CCC5)C4)nn3)c(O)c2)cnn1. The van der Waals surface area contributed by atoms with Gasteiger partial charge in [0.05, 0.1) is 19.0 Å². The van der Waals surface area contributed by atoms with Gasteiger partial charge in [-0.3, -0.25) is 4.90 Å². The fraction of sp³-hybridized carbons (Fsp3) is 0.417. The second-order valence-electron chi connectivity index (χ2n) is 8.63. The van der Waals surface area contributed by atoms with Crippen molar-refractivity contribution in [3.63, 3.8) is 0 Å². The number of nitrogens with zero attached hydrogens (tertiary/aromatic N) is 6. The van der Waals surface area contributed by atoms with Crippen molar-refractivity contribution in [3.8, 4) is 34.0 Å². The Morgan fingerprint density at radius 1 is 1.00 bits per heavy atom. The highest BCUT2D eigenvalue weighted by Gasteiger charge is 2.32. The lowest BCUT2D eigenvalue weighted by Gasteiger charge is -2.38. The minimum absolute atomic E-state index is 0.142. The van der Waals surface area contributed by atoms with Gasteiger partial charge in [0.15, 0.2) is 5.82 Å². The maximum absolute atomic E-state index is 10.6. The lowest BCUT2D eigenvalue weighted by Crippen LogP contribution is -2.45. The van der Waals surface area contributed by atoms with Gasteiger partial charge < -0.3 is 14.7 Å². The van der Waals surface area contributed by atoms with Gasteiger partial charge in [0, 0.05) is 42.4 Å². The van der Waals surface area contributed by atoms with Crippen LogP contribution >= 0.6 is 0 Å². The molecule has 32 heavy (non-hydrogen) atoms. The van der Waals surface area contributed by atoms with Gasteiger partial charge in [0.2, 0.25) is 5.88 Å². The van der Waals surface area contributed by atoms with E-state index in [-0.39, 0.29) is 5.75 Å². The summed E-state index contributed by atoms with van der Waals surface area (Å²) in [7, 11) is 3.81. The third-order valence-electron chi connectivity index (χ3n) is 6.81. The number of phenols is 1. The number of rotatable bonds is 6. The predicted octanol–water partition coefficient (Wildman–Crippen LogP) is 3.38. The van der Waals surface area contributed by atoms with Crippen molar-refractivity contribution in [3.05, 3.63) is 42.6 Å². The summed E-state index contributed by atoms with van der Waals surface area (Å²) >= 11 is 0. The number of ether oxygens (including phenoxy) is 1. The molecule has 3 heterocycles. The molecule has 5 rings (SSSR count). The third-order valence-corrected chi connectivity index (χ3v) is 6.81. The van der Waals surface area contributed by atoms with Crippen molar-refractivity contribution < 1.29 is 9.84 Å². The molecule has 3 aromatic rings. The molecule has 0 bridgehead atoms. The van der Waals surface area contributed by atoms with E-state index >= 15 is 0 Å². The number of aromatic nitrogens is 4. The first-order valence-corrected chi connectivity index (χ1v) is 11.1. The Hall–Kier alpha value is -3.26. The van der Waals surface area contributed by atoms with Gasteiger partial charge in [-0.25, -0.2) is 0 Å². The van der Waals surface area contributed by atoms with E-state index in [1.807, 2.05) is 24.3 Å². The van der Waals surface area contributed by atoms with Crippen LogP contribution in [-0.4, -0.2) is 69.7 Å². The lowest BCUT2D eigenvalue weighted by molar-refractivity contribution is 0.119. The molecule has 1 saturated carbocycles. The number of phenolic OH excluding ortho intramolecular Hbond substituents is 1. The molecule has 8 nitrogen and oxygen atoms in total. The van der Waals surface area contributed by atoms with Gasteiger partial charge in [-0.1, -0.05) is 12.5 Å². The lowest BCUT2D eigenvalue weighted by atomic mass is 9.91. The largest absolute Gasteiger partial charge is 0.507 e. The molecule has 2 aliphatic rings. The molecule has 1 saturated heterocycles. The average Bonchev–Trinajstić information content (AvgIpc) is 3.28. The third kappa shape index (κ3) is 3.98. The average molecular weight is 433 g/mol. The zero-order valence-electron chi connectivity index (χ0n) is 18.5. The molecule has 2 aromatic heterocycles. The normalized spacial score (nSPS) is 18.7. The van der Waals surface area contributed by atoms with Gasteiger partial charge in [0.1, 0.15) is 5.75 Å². The molecule has 0 spiro atoms. The van der Waals surface area contributed by atoms with Crippen LogP contribution in [0.3, 0.4) is 0 Å². The van der Waals surface area contributed by atoms with Crippen molar-refractivity contribution in [2.45, 2.75) is 37.8 Å². The van der Waals surface area contributed by atoms with Gasteiger partial charge >= 0.3 is 0 Å². The highest BCUT2D eigenvalue weighted by molar-refractivity contribution is 5.74. The Morgan fingerprint density at radius 3 is 2.56 bits per heavy atom. The Balaban J connectivity index is 1.29. The summed E-state index contributed by atoms with van der Waals surface area (Å²) < 4.78 is 5.13. The van der Waals surface area contributed by atoms with Crippen LogP contribution in [0.25, 0.3) is 22.4 Å². The topological polar surface area (TPSA) is 87.5 Å². The van der Waals surface area contributed by atoms with Crippen LogP contribution in [0.5, 0.6) is 11.6 Å². The quantitative estimate of drug-likeness (QED) is 0.634. The molecule has 1 aliphatic carbocycles. The van der Waals surface area contributed by atoms with Crippen LogP contribution in [0.4, 0.5) is 5.82 Å². The monoisotopic (exact) mass is 432 g/mol. The zero-order valence-corrected chi connectivity index (χ0v) is 18.5. The van der Waals surface area contributed by atoms with Crippen molar-refractivity contribution >= 4 is 5.82 Å². The summed E-state index contributed by atoms with van der Waals surface area (Å²) in [5, 5.41) is 27.3. The highest BCUT2D eigenvalue weighted by Crippen LogP contribution is 2.34. The second kappa shape index (κ2) is 8.70. The highest BCUT2D eigenvalue weighted by atomic mass is 16.5. The number of likely N-dealkylation sites (N-methyl/N-ethyl adjacent to an activating group) is 1. The summed E-state index contributed by atoms with van der Waals surface area (Å²) in [4.78, 5) is 4.86. The van der Waals surface area contributed by atoms with E-state index < -0.39 is 0 Å². The Labute approximate surface area is 187 Å². The van der Waals surface area contributed by atoms with Crippen LogP contribution in [0.1, 0.15) is 25.7 Å². The molecule has 0 unspecified atom stereocenters. The van der Waals surface area contributed by atoms with Crippen LogP contribution < -0.4 is 9.64 Å². The van der Waals surface area contributed by atoms with E-state index in [0.717, 1.165) is 42.5 Å². The molecule has 1 aromatic carbocycles. The van der Waals surface area contributed by atoms with Gasteiger partial charge in [-0.15, -0.1) is 15.3 Å². The van der Waals surface area contributed by atoms with Gasteiger partial charge in [0.25, 0.3) is 0 Å². The molecule has 1 N–H and O–H groups in total. The number of hydrogen-bond acceptors (Lipinski definition) is 8. The number of hydrogen-bond donors (Lipinski definition) is 1. The van der Waals surface area contributed by atoms with Crippen LogP contribution in [0.2, 0.25) is 0 Å². The van der Waals surface area contributed by atoms with Crippen LogP contribution in [-0.2, 0) is 0 Å². The standard InChI is InChI=1S/C24H28N6O2/c1-29(18-4-3-5-18)19-10-11-30(15-19)23-9-8-21(26-27-23)20-7-6-16(12-22(20)31)17-13-24(32-2)28-25-14-17/h6-9,12-14,18-19,31H,3-5,10-11,15H2,1-2H3/t19-/m1/s1. The Bertz CT molecular complexity index is 1090. The zero-order chi connectivity index (χ0) is 22.1. The molecule has 1 aliphatic heterocycles. The molecular formula is C24H28N6O2. The maximum atomic E-state index is 10.6. The number of anilines is 1. The Kier molecular flexibility index (Phi) is 5.61. The molecule has 8 heteroatoms. The number of aromatic hydroxyl groups is 1. The van der Waals surface area contributed by atoms with E-state index in [9.17, 15) is 5.11 Å². The molecule has 166 valence electrons. The summed E-state index contributed by atoms with van der Waals surface area (Å²) in [6.07, 6.45) is 6.81. The van der Waals surface area contributed by atoms with Crippen molar-refractivity contribution in [2.75, 3.05) is 32.1 Å². The summed E-state index contributed by atoms with van der Waals surface area (Å²) in [6, 6.07) is 12.5. The number of benzene rings is 1. The smallest absolute Gasteiger partial charge is 0.233 e. The van der Waals surface area contributed by atoms with Crippen LogP contribution in [0, 0.1) is 0 Å². The van der Waals surface area contributed by atoms with E-state index in [0.29, 0.717) is 23.2 Å². The molecule has 0 radical (unpaired) electrons. The van der Waals surface area contributed by atoms with Gasteiger partial charge in [-0.2, -0.15) is 5.10 Å². The maximum Gasteiger partial charge on any atom is 0.233 e. The molecule has 2 fully saturated rings. The molecular weight excluding hydrogens is 404 g/mol. The van der Waals surface area contributed by atoms with Crippen molar-refractivity contribution in [1.29, 1.82) is 0 Å². The van der Waals surface area contributed by atoms with Crippen LogP contribution in [0.15, 0.2) is 42.6 Å². The minimum atomic E-state index is 0.142. The van der Waals surface area contributed by atoms with E-state index in [4.69, 9.17) is 4.74 Å². The fourth-order valence-electron chi connectivity index (χ4n) is 4.54. The molecule has 1 atom stereocenters. The van der Waals surface area contributed by atoms with Gasteiger partial charge in [-0.05, 0) is 56.1 Å². The second-order valence-corrected chi connectivity index (χ2v) is 8.63. The summed E-state index contributed by atoms with van der Waals surface area (Å²) in [5.41, 5.74) is 2.93. The van der Waals surface area contributed by atoms with Crippen molar-refractivity contribution in [2.24, 2.45) is 0 Å². The van der Waals surface area contributed by atoms with E-state index in [1.54, 1.807) is 25.4 Å². The first-order valence-electron chi connectivity index (χ1n) is 11.1. The molecule has 0 amide bonds. The first-order chi connectivity index (χ1) is 15.6. The minimum Gasteiger partial charge on any atom is -0.507 e. The summed E-state index contributed by atoms with van der Waals surface area (Å²) in [5.74, 6) is 1.46. The number of methoxy groups -OCH3 is 1. The predicted molar refractivity (Wildman–Crippen MR) is 123 cm³/mol. The van der Waals surface area contributed by atoms with E-state index in [1.165, 1.54) is 19.3 Å². The van der Waals surface area contributed by atoms with E-state index in [2.05, 4.69) is 37.2 Å².